The SMILES string of the molecule is CSc1nc(/C(C)=N\Nc2ccccc2)cc2c1CCCC2. The monoisotopic (exact) mass is 311 g/mol. The molecule has 114 valence electrons. The first-order chi connectivity index (χ1) is 10.8. The van der Waals surface area contributed by atoms with Gasteiger partial charge < -0.3 is 0 Å². The normalized spacial score (nSPS) is 14.5. The van der Waals surface area contributed by atoms with E-state index in [0.29, 0.717) is 0 Å². The van der Waals surface area contributed by atoms with Crippen molar-refractivity contribution in [1.82, 2.24) is 4.98 Å². The number of nitrogens with one attached hydrogen (secondary N) is 1. The molecule has 0 spiro atoms. The molecule has 1 aromatic carbocycles. The molecule has 0 amide bonds. The average Bonchev–Trinajstić information content (AvgIpc) is 2.59. The second-order valence-corrected chi connectivity index (χ2v) is 6.33. The third kappa shape index (κ3) is 3.33. The van der Waals surface area contributed by atoms with Gasteiger partial charge in [-0.1, -0.05) is 18.2 Å². The fraction of sp³-hybridized carbons (Fsp3) is 0.333. The summed E-state index contributed by atoms with van der Waals surface area (Å²) in [5.41, 5.74) is 8.90. The number of fused-ring (bicyclic) bond motifs is 1. The summed E-state index contributed by atoms with van der Waals surface area (Å²) >= 11 is 1.74. The van der Waals surface area contributed by atoms with Gasteiger partial charge in [-0.2, -0.15) is 5.10 Å². The molecule has 0 bridgehead atoms. The Labute approximate surface area is 136 Å². The van der Waals surface area contributed by atoms with Gasteiger partial charge in [-0.3, -0.25) is 5.43 Å². The second kappa shape index (κ2) is 6.97. The molecule has 1 aromatic heterocycles. The molecule has 0 fully saturated rings. The Morgan fingerprint density at radius 2 is 1.95 bits per heavy atom. The molecule has 0 radical (unpaired) electrons. The molecule has 3 nitrogen and oxygen atoms in total. The van der Waals surface area contributed by atoms with Crippen LogP contribution in [0.4, 0.5) is 5.69 Å². The van der Waals surface area contributed by atoms with Crippen LogP contribution < -0.4 is 5.43 Å². The number of hydrazone groups is 1. The Hall–Kier alpha value is -1.81. The van der Waals surface area contributed by atoms with Crippen molar-refractivity contribution < 1.29 is 0 Å². The summed E-state index contributed by atoms with van der Waals surface area (Å²) in [5, 5.41) is 5.65. The average molecular weight is 311 g/mol. The van der Waals surface area contributed by atoms with E-state index in [1.165, 1.54) is 29.0 Å². The summed E-state index contributed by atoms with van der Waals surface area (Å²) in [7, 11) is 0. The van der Waals surface area contributed by atoms with Crippen LogP contribution in [0.15, 0.2) is 46.5 Å². The molecule has 4 heteroatoms. The maximum Gasteiger partial charge on any atom is 0.1000 e. The molecule has 2 aromatic rings. The van der Waals surface area contributed by atoms with Crippen molar-refractivity contribution in [2.75, 3.05) is 11.7 Å². The Kier molecular flexibility index (Phi) is 4.78. The fourth-order valence-corrected chi connectivity index (χ4v) is 3.45. The highest BCUT2D eigenvalue weighted by Gasteiger charge is 2.16. The van der Waals surface area contributed by atoms with Crippen LogP contribution in [0.2, 0.25) is 0 Å². The molecule has 1 aliphatic rings. The van der Waals surface area contributed by atoms with Crippen molar-refractivity contribution in [3.63, 3.8) is 0 Å². The quantitative estimate of drug-likeness (QED) is 0.512. The number of thioether (sulfide) groups is 1. The van der Waals surface area contributed by atoms with Gasteiger partial charge in [-0.25, -0.2) is 4.98 Å². The fourth-order valence-electron chi connectivity index (χ4n) is 2.78. The predicted octanol–water partition coefficient (Wildman–Crippen LogP) is 4.52. The van der Waals surface area contributed by atoms with Gasteiger partial charge in [0.2, 0.25) is 0 Å². The van der Waals surface area contributed by atoms with E-state index in [-0.39, 0.29) is 0 Å². The second-order valence-electron chi connectivity index (χ2n) is 5.54. The van der Waals surface area contributed by atoms with Gasteiger partial charge in [-0.15, -0.1) is 11.8 Å². The Morgan fingerprint density at radius 1 is 1.18 bits per heavy atom. The molecule has 22 heavy (non-hydrogen) atoms. The van der Waals surface area contributed by atoms with Gasteiger partial charge in [0, 0.05) is 0 Å². The van der Waals surface area contributed by atoms with Crippen LogP contribution in [0.3, 0.4) is 0 Å². The maximum absolute atomic E-state index is 4.81. The smallest absolute Gasteiger partial charge is 0.1000 e. The molecule has 1 N–H and O–H groups in total. The third-order valence-corrected chi connectivity index (χ3v) is 4.72. The lowest BCUT2D eigenvalue weighted by Gasteiger charge is -2.19. The first-order valence-electron chi connectivity index (χ1n) is 7.70. The number of pyridine rings is 1. The van der Waals surface area contributed by atoms with Crippen molar-refractivity contribution in [2.24, 2.45) is 5.10 Å². The van der Waals surface area contributed by atoms with E-state index in [4.69, 9.17) is 4.98 Å². The lowest BCUT2D eigenvalue weighted by Crippen LogP contribution is -2.11. The van der Waals surface area contributed by atoms with Crippen molar-refractivity contribution >= 4 is 23.2 Å². The number of para-hydroxylation sites is 1. The highest BCUT2D eigenvalue weighted by molar-refractivity contribution is 7.98. The van der Waals surface area contributed by atoms with Crippen molar-refractivity contribution in [2.45, 2.75) is 37.6 Å². The molecule has 0 aliphatic heterocycles. The maximum atomic E-state index is 4.81. The van der Waals surface area contributed by atoms with Crippen molar-refractivity contribution in [3.05, 3.63) is 53.2 Å². The Morgan fingerprint density at radius 3 is 2.73 bits per heavy atom. The van der Waals surface area contributed by atoms with Crippen LogP contribution >= 0.6 is 11.8 Å². The number of anilines is 1. The molecule has 0 atom stereocenters. The minimum atomic E-state index is 0.924. The summed E-state index contributed by atoms with van der Waals surface area (Å²) < 4.78 is 0. The molecule has 0 unspecified atom stereocenters. The number of aromatic nitrogens is 1. The van der Waals surface area contributed by atoms with Crippen LogP contribution in [0.1, 0.15) is 36.6 Å². The van der Waals surface area contributed by atoms with Crippen LogP contribution in [-0.2, 0) is 12.8 Å². The molecule has 1 heterocycles. The van der Waals surface area contributed by atoms with Gasteiger partial charge in [0.1, 0.15) is 0 Å². The van der Waals surface area contributed by atoms with Crippen LogP contribution in [0, 0.1) is 0 Å². The van der Waals surface area contributed by atoms with E-state index in [1.807, 2.05) is 37.3 Å². The first-order valence-corrected chi connectivity index (χ1v) is 8.93. The van der Waals surface area contributed by atoms with E-state index in [2.05, 4.69) is 22.8 Å². The summed E-state index contributed by atoms with van der Waals surface area (Å²) in [5.74, 6) is 0. The Balaban J connectivity index is 1.87. The number of hydrogen-bond acceptors (Lipinski definition) is 4. The van der Waals surface area contributed by atoms with Gasteiger partial charge in [0.25, 0.3) is 0 Å². The number of rotatable bonds is 4. The van der Waals surface area contributed by atoms with Crippen LogP contribution in [0.5, 0.6) is 0 Å². The molecule has 3 rings (SSSR count). The van der Waals surface area contributed by atoms with Crippen molar-refractivity contribution in [3.8, 4) is 0 Å². The number of hydrogen-bond donors (Lipinski definition) is 1. The number of aryl methyl sites for hydroxylation is 1. The van der Waals surface area contributed by atoms with Crippen LogP contribution in [0.25, 0.3) is 0 Å². The van der Waals surface area contributed by atoms with Gasteiger partial charge in [0.15, 0.2) is 0 Å². The standard InChI is InChI=1S/C18H21N3S/c1-13(20-21-15-9-4-3-5-10-15)17-12-14-8-6-7-11-16(14)18(19-17)22-2/h3-5,9-10,12,21H,6-8,11H2,1-2H3/b20-13-. The topological polar surface area (TPSA) is 37.3 Å². The number of benzene rings is 1. The van der Waals surface area contributed by atoms with Crippen LogP contribution in [-0.4, -0.2) is 17.0 Å². The van der Waals surface area contributed by atoms with Gasteiger partial charge in [0.05, 0.1) is 22.1 Å². The van der Waals surface area contributed by atoms with Gasteiger partial charge in [-0.05, 0) is 68.2 Å². The minimum absolute atomic E-state index is 0.924. The van der Waals surface area contributed by atoms with Gasteiger partial charge >= 0.3 is 0 Å². The van der Waals surface area contributed by atoms with Crippen molar-refractivity contribution in [1.29, 1.82) is 0 Å². The van der Waals surface area contributed by atoms with E-state index >= 15 is 0 Å². The summed E-state index contributed by atoms with van der Waals surface area (Å²) in [6.45, 7) is 2.01. The lowest BCUT2D eigenvalue weighted by molar-refractivity contribution is 0.667. The molecule has 1 aliphatic carbocycles. The van der Waals surface area contributed by atoms with E-state index in [1.54, 1.807) is 11.8 Å². The zero-order valence-electron chi connectivity index (χ0n) is 13.1. The zero-order valence-corrected chi connectivity index (χ0v) is 13.9. The third-order valence-electron chi connectivity index (χ3n) is 3.99. The van der Waals surface area contributed by atoms with E-state index < -0.39 is 0 Å². The molecular weight excluding hydrogens is 290 g/mol. The summed E-state index contributed by atoms with van der Waals surface area (Å²) in [6.07, 6.45) is 7.00. The highest BCUT2D eigenvalue weighted by Crippen LogP contribution is 2.29. The molecule has 0 saturated heterocycles. The van der Waals surface area contributed by atoms with E-state index in [0.717, 1.165) is 29.9 Å². The Bertz CT molecular complexity index is 663. The first kappa shape index (κ1) is 15.1. The summed E-state index contributed by atoms with van der Waals surface area (Å²) in [6, 6.07) is 12.2. The molecule has 0 saturated carbocycles. The molecular formula is C18H21N3S. The largest absolute Gasteiger partial charge is 0.278 e. The van der Waals surface area contributed by atoms with E-state index in [9.17, 15) is 0 Å². The summed E-state index contributed by atoms with van der Waals surface area (Å²) in [4.78, 5) is 4.81. The zero-order chi connectivity index (χ0) is 15.4. The highest BCUT2D eigenvalue weighted by atomic mass is 32.2. The lowest BCUT2D eigenvalue weighted by atomic mass is 9.92. The minimum Gasteiger partial charge on any atom is -0.278 e. The number of nitrogens with zero attached hydrogens (tertiary/aromatic N) is 2. The predicted molar refractivity (Wildman–Crippen MR) is 94.9 cm³/mol.